The summed E-state index contributed by atoms with van der Waals surface area (Å²) in [7, 11) is 0. The summed E-state index contributed by atoms with van der Waals surface area (Å²) in [5.74, 6) is 1.73. The summed E-state index contributed by atoms with van der Waals surface area (Å²) in [4.78, 5) is 2.83. The Balaban J connectivity index is 2.05. The Labute approximate surface area is 133 Å². The smallest absolute Gasteiger partial charge is 0.00930 e. The molecule has 0 bridgehead atoms. The van der Waals surface area contributed by atoms with Gasteiger partial charge in [-0.05, 0) is 50.0 Å². The van der Waals surface area contributed by atoms with Gasteiger partial charge in [-0.15, -0.1) is 0 Å². The second-order valence-corrected chi connectivity index (χ2v) is 8.18. The topological polar surface area (TPSA) is 15.3 Å². The van der Waals surface area contributed by atoms with Crippen LogP contribution in [0.1, 0.15) is 72.6 Å². The molecular weight excluding hydrogens is 256 g/mol. The Morgan fingerprint density at radius 1 is 1.05 bits per heavy atom. The Bertz CT molecular complexity index is 294. The summed E-state index contributed by atoms with van der Waals surface area (Å²) >= 11 is 0. The molecule has 1 aliphatic heterocycles. The molecule has 0 radical (unpaired) electrons. The number of rotatable bonds is 5. The number of nitrogens with zero attached hydrogens (tertiary/aromatic N) is 1. The van der Waals surface area contributed by atoms with E-state index in [1.807, 2.05) is 0 Å². The second kappa shape index (κ2) is 7.97. The van der Waals surface area contributed by atoms with E-state index in [-0.39, 0.29) is 0 Å². The Morgan fingerprint density at radius 3 is 2.33 bits per heavy atom. The van der Waals surface area contributed by atoms with E-state index < -0.39 is 0 Å². The van der Waals surface area contributed by atoms with Crippen LogP contribution in [0.5, 0.6) is 0 Å². The molecule has 0 amide bonds. The lowest BCUT2D eigenvalue weighted by Crippen LogP contribution is -2.52. The van der Waals surface area contributed by atoms with Gasteiger partial charge in [-0.25, -0.2) is 0 Å². The van der Waals surface area contributed by atoms with E-state index in [1.54, 1.807) is 0 Å². The fourth-order valence-electron chi connectivity index (χ4n) is 4.73. The lowest BCUT2D eigenvalue weighted by molar-refractivity contribution is 0.0295. The van der Waals surface area contributed by atoms with E-state index in [2.05, 4.69) is 37.9 Å². The van der Waals surface area contributed by atoms with Crippen molar-refractivity contribution in [3.05, 3.63) is 0 Å². The standard InChI is InChI=1S/C19H38N2/c1-5-20-14-19(10-8-6-7-9-11-19)15-21-13-16(2)12-17(3)18(21)4/h16-18,20H,5-15H2,1-4H3. The van der Waals surface area contributed by atoms with Crippen LogP contribution < -0.4 is 5.32 Å². The molecular formula is C19H38N2. The average molecular weight is 295 g/mol. The molecule has 1 aliphatic carbocycles. The molecule has 1 saturated carbocycles. The third kappa shape index (κ3) is 4.69. The average Bonchev–Trinajstić information content (AvgIpc) is 2.68. The summed E-state index contributed by atoms with van der Waals surface area (Å²) in [6.45, 7) is 14.6. The van der Waals surface area contributed by atoms with Gasteiger partial charge in [0.15, 0.2) is 0 Å². The van der Waals surface area contributed by atoms with Gasteiger partial charge >= 0.3 is 0 Å². The molecule has 124 valence electrons. The quantitative estimate of drug-likeness (QED) is 0.760. The molecule has 2 aliphatic rings. The summed E-state index contributed by atoms with van der Waals surface area (Å²) in [6, 6.07) is 0.767. The largest absolute Gasteiger partial charge is 0.316 e. The first-order valence-corrected chi connectivity index (χ1v) is 9.51. The number of hydrogen-bond donors (Lipinski definition) is 1. The molecule has 2 fully saturated rings. The molecule has 3 unspecified atom stereocenters. The van der Waals surface area contributed by atoms with Crippen molar-refractivity contribution in [3.63, 3.8) is 0 Å². The van der Waals surface area contributed by atoms with Crippen LogP contribution in [-0.2, 0) is 0 Å². The van der Waals surface area contributed by atoms with Crippen LogP contribution in [0.4, 0.5) is 0 Å². The minimum atomic E-state index is 0.539. The molecule has 0 spiro atoms. The van der Waals surface area contributed by atoms with Crippen LogP contribution in [0.3, 0.4) is 0 Å². The van der Waals surface area contributed by atoms with Crippen molar-refractivity contribution in [2.45, 2.75) is 78.7 Å². The van der Waals surface area contributed by atoms with E-state index in [9.17, 15) is 0 Å². The zero-order valence-corrected chi connectivity index (χ0v) is 15.0. The predicted molar refractivity (Wildman–Crippen MR) is 92.7 cm³/mol. The van der Waals surface area contributed by atoms with Crippen LogP contribution in [0.25, 0.3) is 0 Å². The van der Waals surface area contributed by atoms with E-state index in [1.165, 1.54) is 64.6 Å². The first-order valence-electron chi connectivity index (χ1n) is 9.51. The maximum atomic E-state index is 3.69. The van der Waals surface area contributed by atoms with Gasteiger partial charge < -0.3 is 5.32 Å². The molecule has 2 rings (SSSR count). The van der Waals surface area contributed by atoms with Crippen LogP contribution >= 0.6 is 0 Å². The van der Waals surface area contributed by atoms with E-state index in [4.69, 9.17) is 0 Å². The third-order valence-corrected chi connectivity index (χ3v) is 6.17. The summed E-state index contributed by atoms with van der Waals surface area (Å²) in [5, 5.41) is 3.69. The predicted octanol–water partition coefficient (Wildman–Crippen LogP) is 4.30. The molecule has 3 atom stereocenters. The van der Waals surface area contributed by atoms with Crippen LogP contribution in [0, 0.1) is 17.3 Å². The maximum absolute atomic E-state index is 3.69. The molecule has 0 aromatic carbocycles. The highest BCUT2D eigenvalue weighted by Crippen LogP contribution is 2.38. The molecule has 1 N–H and O–H groups in total. The van der Waals surface area contributed by atoms with Crippen molar-refractivity contribution in [2.75, 3.05) is 26.2 Å². The number of piperidine rings is 1. The van der Waals surface area contributed by atoms with Crippen molar-refractivity contribution in [1.29, 1.82) is 0 Å². The monoisotopic (exact) mass is 294 g/mol. The first-order chi connectivity index (χ1) is 10.1. The van der Waals surface area contributed by atoms with Gasteiger partial charge in [0.05, 0.1) is 0 Å². The Hall–Kier alpha value is -0.0800. The molecule has 0 aromatic rings. The lowest BCUT2D eigenvalue weighted by Gasteiger charge is -2.46. The first kappa shape index (κ1) is 17.3. The highest BCUT2D eigenvalue weighted by molar-refractivity contribution is 4.91. The summed E-state index contributed by atoms with van der Waals surface area (Å²) in [6.07, 6.45) is 10.1. The summed E-state index contributed by atoms with van der Waals surface area (Å²) in [5.41, 5.74) is 0.539. The van der Waals surface area contributed by atoms with Gasteiger partial charge in [-0.3, -0.25) is 4.90 Å². The Morgan fingerprint density at radius 2 is 1.71 bits per heavy atom. The molecule has 2 nitrogen and oxygen atoms in total. The molecule has 1 heterocycles. The number of hydrogen-bond acceptors (Lipinski definition) is 2. The van der Waals surface area contributed by atoms with Crippen LogP contribution in [0.15, 0.2) is 0 Å². The van der Waals surface area contributed by atoms with E-state index in [0.717, 1.165) is 24.4 Å². The molecule has 21 heavy (non-hydrogen) atoms. The van der Waals surface area contributed by atoms with Gasteiger partial charge in [0.25, 0.3) is 0 Å². The van der Waals surface area contributed by atoms with Crippen molar-refractivity contribution >= 4 is 0 Å². The minimum Gasteiger partial charge on any atom is -0.316 e. The highest BCUT2D eigenvalue weighted by atomic mass is 15.2. The molecule has 2 heteroatoms. The van der Waals surface area contributed by atoms with Gasteiger partial charge in [0, 0.05) is 25.7 Å². The SMILES string of the molecule is CCNCC1(CN2CC(C)CC(C)C2C)CCCCCC1. The van der Waals surface area contributed by atoms with Gasteiger partial charge in [0.2, 0.25) is 0 Å². The molecule has 0 aromatic heterocycles. The number of likely N-dealkylation sites (tertiary alicyclic amines) is 1. The van der Waals surface area contributed by atoms with Gasteiger partial charge in [-0.1, -0.05) is 46.5 Å². The van der Waals surface area contributed by atoms with E-state index in [0.29, 0.717) is 5.41 Å². The van der Waals surface area contributed by atoms with Gasteiger partial charge in [-0.2, -0.15) is 0 Å². The normalized spacial score (nSPS) is 34.6. The second-order valence-electron chi connectivity index (χ2n) is 8.18. The maximum Gasteiger partial charge on any atom is 0.00930 e. The van der Waals surface area contributed by atoms with Crippen molar-refractivity contribution in [1.82, 2.24) is 10.2 Å². The zero-order chi connectivity index (χ0) is 15.3. The lowest BCUT2D eigenvalue weighted by atomic mass is 9.77. The number of nitrogens with one attached hydrogen (secondary N) is 1. The molecule has 1 saturated heterocycles. The fraction of sp³-hybridized carbons (Fsp3) is 1.00. The van der Waals surface area contributed by atoms with Crippen molar-refractivity contribution < 1.29 is 0 Å². The summed E-state index contributed by atoms with van der Waals surface area (Å²) < 4.78 is 0. The van der Waals surface area contributed by atoms with Crippen LogP contribution in [-0.4, -0.2) is 37.1 Å². The zero-order valence-electron chi connectivity index (χ0n) is 15.0. The minimum absolute atomic E-state index is 0.539. The third-order valence-electron chi connectivity index (χ3n) is 6.17. The van der Waals surface area contributed by atoms with E-state index >= 15 is 0 Å². The van der Waals surface area contributed by atoms with Gasteiger partial charge in [0.1, 0.15) is 0 Å². The fourth-order valence-corrected chi connectivity index (χ4v) is 4.73. The Kier molecular flexibility index (Phi) is 6.55. The van der Waals surface area contributed by atoms with Crippen molar-refractivity contribution in [2.24, 2.45) is 17.3 Å². The van der Waals surface area contributed by atoms with Crippen LogP contribution in [0.2, 0.25) is 0 Å². The highest BCUT2D eigenvalue weighted by Gasteiger charge is 2.37. The van der Waals surface area contributed by atoms with Crippen molar-refractivity contribution in [3.8, 4) is 0 Å².